The quantitative estimate of drug-likeness (QED) is 0.753. The highest BCUT2D eigenvalue weighted by atomic mass is 32.1. The number of aromatic nitrogens is 3. The molecule has 0 spiro atoms. The molecule has 1 aromatic rings. The van der Waals surface area contributed by atoms with E-state index >= 15 is 0 Å². The zero-order valence-corrected chi connectivity index (χ0v) is 10.3. The smallest absolute Gasteiger partial charge is 0.217 e. The van der Waals surface area contributed by atoms with Crippen molar-refractivity contribution >= 4 is 18.1 Å². The summed E-state index contributed by atoms with van der Waals surface area (Å²) < 4.78 is 8.03. The van der Waals surface area contributed by atoms with E-state index in [4.69, 9.17) is 22.7 Å². The van der Waals surface area contributed by atoms with Crippen molar-refractivity contribution in [1.82, 2.24) is 14.8 Å². The monoisotopic (exact) mass is 256 g/mol. The molecule has 1 aliphatic heterocycles. The van der Waals surface area contributed by atoms with Gasteiger partial charge < -0.3 is 15.0 Å². The van der Waals surface area contributed by atoms with Crippen LogP contribution in [0.4, 0.5) is 0 Å². The molecule has 94 valence electrons. The second-order valence-electron chi connectivity index (χ2n) is 4.16. The van der Waals surface area contributed by atoms with Crippen LogP contribution in [0.2, 0.25) is 0 Å². The molecule has 2 rings (SSSR count). The van der Waals surface area contributed by atoms with Gasteiger partial charge in [0.2, 0.25) is 5.91 Å². The Balaban J connectivity index is 2.05. The standard InChI is InChI=1S/C10H16N4O2S/c11-8(15)3-4-9-12-13-10(17)14(9)6-7-2-1-5-16-7/h7H,1-6H2,(H2,11,15)(H,13,17)/t7-/m1/s1. The van der Waals surface area contributed by atoms with Gasteiger partial charge in [-0.05, 0) is 25.1 Å². The number of nitrogens with zero attached hydrogens (tertiary/aromatic N) is 2. The minimum absolute atomic E-state index is 0.201. The van der Waals surface area contributed by atoms with Crippen molar-refractivity contribution < 1.29 is 9.53 Å². The summed E-state index contributed by atoms with van der Waals surface area (Å²) in [6.45, 7) is 1.51. The number of carbonyl (C=O) groups excluding carboxylic acids is 1. The van der Waals surface area contributed by atoms with Gasteiger partial charge in [0.1, 0.15) is 5.82 Å². The first-order valence-electron chi connectivity index (χ1n) is 5.71. The SMILES string of the molecule is NC(=O)CCc1n[nH]c(=S)n1C[C@H]1CCCO1. The number of hydrogen-bond acceptors (Lipinski definition) is 4. The lowest BCUT2D eigenvalue weighted by Crippen LogP contribution is -2.18. The highest BCUT2D eigenvalue weighted by molar-refractivity contribution is 7.71. The first kappa shape index (κ1) is 12.3. The molecule has 1 aliphatic rings. The van der Waals surface area contributed by atoms with E-state index in [1.54, 1.807) is 0 Å². The number of carbonyl (C=O) groups is 1. The molecule has 1 aromatic heterocycles. The molecule has 17 heavy (non-hydrogen) atoms. The van der Waals surface area contributed by atoms with Crippen LogP contribution in [0.5, 0.6) is 0 Å². The third-order valence-electron chi connectivity index (χ3n) is 2.84. The van der Waals surface area contributed by atoms with Crippen LogP contribution in [-0.2, 0) is 22.5 Å². The molecule has 6 nitrogen and oxygen atoms in total. The zero-order valence-electron chi connectivity index (χ0n) is 9.52. The molecule has 0 radical (unpaired) electrons. The minimum atomic E-state index is -0.331. The van der Waals surface area contributed by atoms with Crippen LogP contribution in [0.15, 0.2) is 0 Å². The number of aromatic amines is 1. The number of rotatable bonds is 5. The molecule has 3 N–H and O–H groups in total. The Morgan fingerprint density at radius 3 is 3.18 bits per heavy atom. The Morgan fingerprint density at radius 1 is 1.71 bits per heavy atom. The van der Waals surface area contributed by atoms with Crippen molar-refractivity contribution in [2.24, 2.45) is 5.73 Å². The van der Waals surface area contributed by atoms with E-state index in [0.29, 0.717) is 17.7 Å². The number of primary amides is 1. The summed E-state index contributed by atoms with van der Waals surface area (Å²) in [4.78, 5) is 10.8. The second-order valence-corrected chi connectivity index (χ2v) is 4.54. The summed E-state index contributed by atoms with van der Waals surface area (Å²) in [6.07, 6.45) is 3.13. The molecular weight excluding hydrogens is 240 g/mol. The van der Waals surface area contributed by atoms with E-state index in [1.807, 2.05) is 4.57 Å². The Bertz CT molecular complexity index is 447. The Morgan fingerprint density at radius 2 is 2.53 bits per heavy atom. The first-order chi connectivity index (χ1) is 8.16. The predicted molar refractivity (Wildman–Crippen MR) is 63.9 cm³/mol. The van der Waals surface area contributed by atoms with Gasteiger partial charge >= 0.3 is 0 Å². The van der Waals surface area contributed by atoms with Gasteiger partial charge in [0.25, 0.3) is 0 Å². The maximum absolute atomic E-state index is 10.8. The van der Waals surface area contributed by atoms with Crippen LogP contribution >= 0.6 is 12.2 Å². The molecule has 7 heteroatoms. The number of amides is 1. The first-order valence-corrected chi connectivity index (χ1v) is 6.11. The van der Waals surface area contributed by atoms with Crippen molar-refractivity contribution in [3.05, 3.63) is 10.6 Å². The van der Waals surface area contributed by atoms with E-state index in [-0.39, 0.29) is 18.4 Å². The number of hydrogen-bond donors (Lipinski definition) is 2. The Labute approximate surface area is 104 Å². The average Bonchev–Trinajstić information content (AvgIpc) is 2.89. The van der Waals surface area contributed by atoms with Crippen molar-refractivity contribution in [1.29, 1.82) is 0 Å². The van der Waals surface area contributed by atoms with Gasteiger partial charge in [-0.3, -0.25) is 9.89 Å². The molecule has 2 heterocycles. The van der Waals surface area contributed by atoms with Crippen LogP contribution in [-0.4, -0.2) is 33.4 Å². The van der Waals surface area contributed by atoms with Crippen LogP contribution in [0.25, 0.3) is 0 Å². The van der Waals surface area contributed by atoms with E-state index in [1.165, 1.54) is 0 Å². The van der Waals surface area contributed by atoms with Crippen LogP contribution in [0.1, 0.15) is 25.1 Å². The second kappa shape index (κ2) is 5.42. The van der Waals surface area contributed by atoms with Gasteiger partial charge in [-0.2, -0.15) is 5.10 Å². The molecule has 1 fully saturated rings. The average molecular weight is 256 g/mol. The fraction of sp³-hybridized carbons (Fsp3) is 0.700. The third-order valence-corrected chi connectivity index (χ3v) is 3.15. The van der Waals surface area contributed by atoms with Crippen LogP contribution in [0.3, 0.4) is 0 Å². The number of aryl methyl sites for hydroxylation is 1. The molecule has 1 saturated heterocycles. The van der Waals surface area contributed by atoms with E-state index in [0.717, 1.165) is 25.3 Å². The van der Waals surface area contributed by atoms with Crippen LogP contribution in [0, 0.1) is 4.77 Å². The largest absolute Gasteiger partial charge is 0.376 e. The van der Waals surface area contributed by atoms with Crippen molar-refractivity contribution in [2.75, 3.05) is 6.61 Å². The fourth-order valence-corrected chi connectivity index (χ4v) is 2.18. The normalized spacial score (nSPS) is 19.6. The zero-order chi connectivity index (χ0) is 12.3. The lowest BCUT2D eigenvalue weighted by Gasteiger charge is -2.11. The summed E-state index contributed by atoms with van der Waals surface area (Å²) >= 11 is 5.16. The fourth-order valence-electron chi connectivity index (χ4n) is 1.96. The van der Waals surface area contributed by atoms with Crippen molar-refractivity contribution in [3.63, 3.8) is 0 Å². The van der Waals surface area contributed by atoms with E-state index in [9.17, 15) is 4.79 Å². The molecular formula is C10H16N4O2S. The van der Waals surface area contributed by atoms with Gasteiger partial charge in [-0.15, -0.1) is 0 Å². The molecule has 0 aliphatic carbocycles. The minimum Gasteiger partial charge on any atom is -0.376 e. The summed E-state index contributed by atoms with van der Waals surface area (Å²) in [5.41, 5.74) is 5.12. The van der Waals surface area contributed by atoms with E-state index in [2.05, 4.69) is 10.2 Å². The molecule has 0 saturated carbocycles. The summed E-state index contributed by atoms with van der Waals surface area (Å²) in [5.74, 6) is 0.437. The molecule has 0 unspecified atom stereocenters. The number of nitrogens with two attached hydrogens (primary N) is 1. The highest BCUT2D eigenvalue weighted by Crippen LogP contribution is 2.15. The van der Waals surface area contributed by atoms with Gasteiger partial charge in [-0.1, -0.05) is 0 Å². The van der Waals surface area contributed by atoms with E-state index < -0.39 is 0 Å². The Kier molecular flexibility index (Phi) is 3.90. The number of nitrogens with one attached hydrogen (secondary N) is 1. The maximum Gasteiger partial charge on any atom is 0.217 e. The summed E-state index contributed by atoms with van der Waals surface area (Å²) in [7, 11) is 0. The molecule has 0 bridgehead atoms. The Hall–Kier alpha value is -1.21. The summed E-state index contributed by atoms with van der Waals surface area (Å²) in [5, 5.41) is 6.86. The molecule has 1 amide bonds. The lowest BCUT2D eigenvalue weighted by atomic mass is 10.2. The molecule has 0 aromatic carbocycles. The summed E-state index contributed by atoms with van der Waals surface area (Å²) in [6, 6.07) is 0. The van der Waals surface area contributed by atoms with Gasteiger partial charge in [0, 0.05) is 19.4 Å². The van der Waals surface area contributed by atoms with Gasteiger partial charge in [0.15, 0.2) is 4.77 Å². The van der Waals surface area contributed by atoms with Gasteiger partial charge in [-0.25, -0.2) is 0 Å². The third kappa shape index (κ3) is 3.13. The highest BCUT2D eigenvalue weighted by Gasteiger charge is 2.18. The van der Waals surface area contributed by atoms with Crippen molar-refractivity contribution in [2.45, 2.75) is 38.3 Å². The number of H-pyrrole nitrogens is 1. The lowest BCUT2D eigenvalue weighted by molar-refractivity contribution is -0.118. The van der Waals surface area contributed by atoms with Gasteiger partial charge in [0.05, 0.1) is 12.6 Å². The topological polar surface area (TPSA) is 85.9 Å². The predicted octanol–water partition coefficient (Wildman–Crippen LogP) is 0.538. The maximum atomic E-state index is 10.8. The van der Waals surface area contributed by atoms with Crippen LogP contribution < -0.4 is 5.73 Å². The molecule has 1 atom stereocenters. The van der Waals surface area contributed by atoms with Crippen molar-refractivity contribution in [3.8, 4) is 0 Å². The number of ether oxygens (including phenoxy) is 1.